The topological polar surface area (TPSA) is 119 Å². The lowest BCUT2D eigenvalue weighted by atomic mass is 9.77. The number of allylic oxidation sites excluding steroid dienone is 3. The van der Waals surface area contributed by atoms with Crippen LogP contribution in [0.5, 0.6) is 5.75 Å². The molecule has 1 rings (SSSR count). The number of aliphatic hydroxyl groups is 3. The van der Waals surface area contributed by atoms with E-state index in [-0.39, 0.29) is 17.8 Å². The smallest absolute Gasteiger partial charge is 0.406 e. The predicted molar refractivity (Wildman–Crippen MR) is 153 cm³/mol. The van der Waals surface area contributed by atoms with Crippen molar-refractivity contribution >= 4 is 6.09 Å². The molecule has 1 aromatic rings. The fourth-order valence-corrected chi connectivity index (χ4v) is 4.73. The number of aliphatic hydroxyl groups excluding tert-OH is 2. The second-order valence-corrected chi connectivity index (χ2v) is 10.4. The molecule has 3 unspecified atom stereocenters. The summed E-state index contributed by atoms with van der Waals surface area (Å²) in [5.41, 5.74) is -0.875. The first kappa shape index (κ1) is 33.2. The normalized spacial score (nSPS) is 19.7. The molecular formula is C31H47NO6. The Morgan fingerprint density at radius 1 is 1.05 bits per heavy atom. The number of rotatable bonds is 16. The van der Waals surface area contributed by atoms with Gasteiger partial charge in [-0.1, -0.05) is 101 Å². The second kappa shape index (κ2) is 16.2. The summed E-state index contributed by atoms with van der Waals surface area (Å²) in [4.78, 5) is 11.4. The Morgan fingerprint density at radius 2 is 1.68 bits per heavy atom. The summed E-state index contributed by atoms with van der Waals surface area (Å²) in [5, 5.41) is 44.6. The number of hydrogen-bond acceptors (Lipinski definition) is 5. The van der Waals surface area contributed by atoms with Gasteiger partial charge in [-0.2, -0.15) is 0 Å². The Morgan fingerprint density at radius 3 is 2.26 bits per heavy atom. The molecule has 0 radical (unpaired) electrons. The first-order valence-electron chi connectivity index (χ1n) is 13.2. The fraction of sp³-hybridized carbons (Fsp3) is 0.516. The van der Waals surface area contributed by atoms with Crippen LogP contribution in [0.25, 0.3) is 0 Å². The minimum absolute atomic E-state index is 0.0846. The van der Waals surface area contributed by atoms with Crippen LogP contribution in [0.3, 0.4) is 0 Å². The van der Waals surface area contributed by atoms with Crippen molar-refractivity contribution in [2.24, 2.45) is 29.6 Å². The molecule has 7 heteroatoms. The van der Waals surface area contributed by atoms with Crippen molar-refractivity contribution in [2.45, 2.75) is 65.9 Å². The average molecular weight is 530 g/mol. The SMILES string of the molecule is C=C/C=C\[C@H](C)[C@@](O)(NC(=O)O)[C@@H](C)[C@H](O)[C@@H](C)C/C(C)=C\C(C)C(O)C(C)/C=C\COc1ccccc1. The molecule has 7 nitrogen and oxygen atoms in total. The van der Waals surface area contributed by atoms with Crippen LogP contribution >= 0.6 is 0 Å². The first-order valence-corrected chi connectivity index (χ1v) is 13.2. The summed E-state index contributed by atoms with van der Waals surface area (Å²) in [6.07, 6.45) is 8.25. The largest absolute Gasteiger partial charge is 0.490 e. The molecule has 0 aliphatic rings. The number of ether oxygens (including phenoxy) is 1. The maximum Gasteiger partial charge on any atom is 0.406 e. The standard InChI is InChI=1S/C31H47NO6/c1-8-9-15-25(6)31(37,32-30(35)36)26(7)29(34)24(5)20-21(2)19-23(4)28(33)22(3)14-13-18-38-27-16-11-10-12-17-27/h8-17,19,22-26,28-29,32-34,37H,1,18,20H2,2-7H3,(H,35,36)/b14-13-,15-9-,21-19-/t22?,23?,24-,25-,26-,28?,29+,31-/m0/s1. The Balaban J connectivity index is 2.77. The van der Waals surface area contributed by atoms with Crippen molar-refractivity contribution in [1.82, 2.24) is 5.32 Å². The maximum atomic E-state index is 11.4. The van der Waals surface area contributed by atoms with Crippen LogP contribution in [-0.4, -0.2) is 51.1 Å². The molecule has 1 aromatic carbocycles. The van der Waals surface area contributed by atoms with E-state index in [0.29, 0.717) is 13.0 Å². The summed E-state index contributed by atoms with van der Waals surface area (Å²) < 4.78 is 5.66. The van der Waals surface area contributed by atoms with Gasteiger partial charge in [0.2, 0.25) is 0 Å². The van der Waals surface area contributed by atoms with E-state index in [1.165, 1.54) is 0 Å². The lowest BCUT2D eigenvalue weighted by Gasteiger charge is -2.41. The van der Waals surface area contributed by atoms with Crippen LogP contribution in [-0.2, 0) is 0 Å². The van der Waals surface area contributed by atoms with E-state index in [1.807, 2.05) is 76.3 Å². The van der Waals surface area contributed by atoms with Gasteiger partial charge in [-0.15, -0.1) is 0 Å². The predicted octanol–water partition coefficient (Wildman–Crippen LogP) is 5.56. The highest BCUT2D eigenvalue weighted by atomic mass is 16.5. The average Bonchev–Trinajstić information content (AvgIpc) is 2.87. The monoisotopic (exact) mass is 529 g/mol. The van der Waals surface area contributed by atoms with Gasteiger partial charge in [-0.05, 0) is 31.4 Å². The molecule has 0 fully saturated rings. The van der Waals surface area contributed by atoms with Gasteiger partial charge in [0.05, 0.1) is 12.2 Å². The van der Waals surface area contributed by atoms with Crippen LogP contribution in [0.2, 0.25) is 0 Å². The Bertz CT molecular complexity index is 943. The molecule has 38 heavy (non-hydrogen) atoms. The third-order valence-corrected chi connectivity index (χ3v) is 7.12. The molecule has 0 aliphatic carbocycles. The van der Waals surface area contributed by atoms with E-state index in [2.05, 4.69) is 11.9 Å². The summed E-state index contributed by atoms with van der Waals surface area (Å²) in [5.74, 6) is -1.08. The van der Waals surface area contributed by atoms with Gasteiger partial charge in [0.15, 0.2) is 5.72 Å². The zero-order valence-electron chi connectivity index (χ0n) is 23.6. The zero-order chi connectivity index (χ0) is 28.9. The minimum atomic E-state index is -1.87. The molecule has 0 saturated carbocycles. The molecule has 0 saturated heterocycles. The molecule has 8 atom stereocenters. The van der Waals surface area contributed by atoms with Crippen molar-refractivity contribution in [2.75, 3.05) is 6.61 Å². The number of para-hydroxylation sites is 1. The highest BCUT2D eigenvalue weighted by Crippen LogP contribution is 2.32. The Labute approximate surface area is 228 Å². The quantitative estimate of drug-likeness (QED) is 0.109. The minimum Gasteiger partial charge on any atom is -0.490 e. The highest BCUT2D eigenvalue weighted by molar-refractivity contribution is 5.65. The van der Waals surface area contributed by atoms with E-state index in [1.54, 1.807) is 32.1 Å². The van der Waals surface area contributed by atoms with Crippen LogP contribution < -0.4 is 10.1 Å². The lowest BCUT2D eigenvalue weighted by molar-refractivity contribution is -0.116. The summed E-state index contributed by atoms with van der Waals surface area (Å²) in [6, 6.07) is 9.55. The number of amides is 1. The molecule has 0 aliphatic heterocycles. The summed E-state index contributed by atoms with van der Waals surface area (Å²) in [7, 11) is 0. The third-order valence-electron chi connectivity index (χ3n) is 7.12. The number of carboxylic acid groups (broad SMARTS) is 1. The number of hydrogen-bond donors (Lipinski definition) is 5. The van der Waals surface area contributed by atoms with E-state index in [4.69, 9.17) is 4.74 Å². The van der Waals surface area contributed by atoms with Crippen LogP contribution in [0.1, 0.15) is 48.0 Å². The second-order valence-electron chi connectivity index (χ2n) is 10.4. The zero-order valence-corrected chi connectivity index (χ0v) is 23.6. The molecule has 5 N–H and O–H groups in total. The van der Waals surface area contributed by atoms with Gasteiger partial charge in [0, 0.05) is 23.7 Å². The first-order chi connectivity index (χ1) is 17.8. The van der Waals surface area contributed by atoms with E-state index >= 15 is 0 Å². The van der Waals surface area contributed by atoms with Gasteiger partial charge >= 0.3 is 6.09 Å². The van der Waals surface area contributed by atoms with Gasteiger partial charge < -0.3 is 25.2 Å². The number of benzene rings is 1. The van der Waals surface area contributed by atoms with Gasteiger partial charge in [-0.25, -0.2) is 4.79 Å². The fourth-order valence-electron chi connectivity index (χ4n) is 4.73. The van der Waals surface area contributed by atoms with Crippen LogP contribution in [0.15, 0.2) is 78.9 Å². The maximum absolute atomic E-state index is 11.4. The lowest BCUT2D eigenvalue weighted by Crippen LogP contribution is -2.60. The summed E-state index contributed by atoms with van der Waals surface area (Å²) >= 11 is 0. The molecule has 0 spiro atoms. The van der Waals surface area contributed by atoms with E-state index < -0.39 is 35.9 Å². The van der Waals surface area contributed by atoms with Crippen LogP contribution in [0, 0.1) is 29.6 Å². The van der Waals surface area contributed by atoms with Crippen molar-refractivity contribution in [3.05, 3.63) is 78.9 Å². The Hall–Kier alpha value is -2.87. The van der Waals surface area contributed by atoms with E-state index in [0.717, 1.165) is 11.3 Å². The van der Waals surface area contributed by atoms with Crippen molar-refractivity contribution < 1.29 is 30.0 Å². The van der Waals surface area contributed by atoms with Gasteiger partial charge in [0.25, 0.3) is 0 Å². The number of nitrogens with one attached hydrogen (secondary N) is 1. The van der Waals surface area contributed by atoms with Gasteiger partial charge in [0.1, 0.15) is 12.4 Å². The number of carbonyl (C=O) groups is 1. The summed E-state index contributed by atoms with van der Waals surface area (Å²) in [6.45, 7) is 15.1. The highest BCUT2D eigenvalue weighted by Gasteiger charge is 2.44. The van der Waals surface area contributed by atoms with Crippen molar-refractivity contribution in [1.29, 1.82) is 0 Å². The molecule has 0 bridgehead atoms. The molecular weight excluding hydrogens is 482 g/mol. The van der Waals surface area contributed by atoms with Gasteiger partial charge in [-0.3, -0.25) is 5.32 Å². The molecule has 212 valence electrons. The molecule has 0 heterocycles. The Kier molecular flexibility index (Phi) is 14.1. The third kappa shape index (κ3) is 10.5. The molecule has 0 aromatic heterocycles. The van der Waals surface area contributed by atoms with Crippen molar-refractivity contribution in [3.63, 3.8) is 0 Å². The van der Waals surface area contributed by atoms with Crippen LogP contribution in [0.4, 0.5) is 4.79 Å². The van der Waals surface area contributed by atoms with E-state index in [9.17, 15) is 25.2 Å². The van der Waals surface area contributed by atoms with Crippen molar-refractivity contribution in [3.8, 4) is 5.75 Å². The molecule has 1 amide bonds.